The smallest absolute Gasteiger partial charge is 0.408 e. The number of hydrogen-bond acceptors (Lipinski definition) is 3. The highest BCUT2D eigenvalue weighted by Gasteiger charge is 2.22. The number of carbonyl (C=O) groups excluding carboxylic acids is 1. The van der Waals surface area contributed by atoms with Crippen molar-refractivity contribution in [3.05, 3.63) is 35.4 Å². The Morgan fingerprint density at radius 1 is 1.42 bits per heavy atom. The molecule has 106 valence electrons. The van der Waals surface area contributed by atoms with Crippen molar-refractivity contribution in [3.63, 3.8) is 0 Å². The first kappa shape index (κ1) is 15.4. The van der Waals surface area contributed by atoms with E-state index in [9.17, 15) is 18.7 Å². The average Bonchev–Trinajstić information content (AvgIpc) is 2.27. The van der Waals surface area contributed by atoms with Crippen LogP contribution < -0.4 is 5.32 Å². The third-order valence-electron chi connectivity index (χ3n) is 2.21. The van der Waals surface area contributed by atoms with Crippen molar-refractivity contribution in [2.45, 2.75) is 32.4 Å². The van der Waals surface area contributed by atoms with Gasteiger partial charge in [0.1, 0.15) is 17.2 Å². The number of nitrogens with one attached hydrogen (secondary N) is 1. The van der Waals surface area contributed by atoms with Crippen LogP contribution in [-0.2, 0) is 4.74 Å². The number of rotatable bonds is 3. The van der Waals surface area contributed by atoms with Crippen LogP contribution >= 0.6 is 0 Å². The first-order chi connectivity index (χ1) is 8.73. The summed E-state index contributed by atoms with van der Waals surface area (Å²) < 4.78 is 31.6. The van der Waals surface area contributed by atoms with Gasteiger partial charge in [-0.25, -0.2) is 13.6 Å². The van der Waals surface area contributed by atoms with E-state index in [4.69, 9.17) is 4.74 Å². The predicted molar refractivity (Wildman–Crippen MR) is 65.6 cm³/mol. The van der Waals surface area contributed by atoms with Crippen LogP contribution in [0.4, 0.5) is 13.6 Å². The minimum Gasteiger partial charge on any atom is -0.444 e. The maximum absolute atomic E-state index is 13.5. The lowest BCUT2D eigenvalue weighted by Gasteiger charge is -2.23. The molecule has 0 bridgehead atoms. The Hall–Kier alpha value is -1.69. The lowest BCUT2D eigenvalue weighted by Crippen LogP contribution is -2.36. The van der Waals surface area contributed by atoms with E-state index in [1.54, 1.807) is 20.8 Å². The zero-order valence-corrected chi connectivity index (χ0v) is 11.0. The van der Waals surface area contributed by atoms with Crippen molar-refractivity contribution >= 4 is 6.09 Å². The molecule has 2 N–H and O–H groups in total. The largest absolute Gasteiger partial charge is 0.444 e. The number of halogens is 2. The molecular weight excluding hydrogens is 256 g/mol. The lowest BCUT2D eigenvalue weighted by molar-refractivity contribution is 0.0480. The molecule has 0 saturated carbocycles. The van der Waals surface area contributed by atoms with E-state index in [1.165, 1.54) is 0 Å². The van der Waals surface area contributed by atoms with Gasteiger partial charge < -0.3 is 15.2 Å². The van der Waals surface area contributed by atoms with E-state index >= 15 is 0 Å². The summed E-state index contributed by atoms with van der Waals surface area (Å²) in [5, 5.41) is 11.5. The monoisotopic (exact) mass is 273 g/mol. The summed E-state index contributed by atoms with van der Waals surface area (Å²) in [6, 6.07) is 1.75. The van der Waals surface area contributed by atoms with Crippen molar-refractivity contribution < 1.29 is 23.4 Å². The quantitative estimate of drug-likeness (QED) is 0.889. The fourth-order valence-electron chi connectivity index (χ4n) is 1.45. The Bertz CT molecular complexity index is 458. The molecule has 0 aliphatic carbocycles. The number of hydrogen-bond donors (Lipinski definition) is 2. The fraction of sp³-hybridized carbons (Fsp3) is 0.462. The van der Waals surface area contributed by atoms with Crippen LogP contribution in [0.15, 0.2) is 18.2 Å². The summed E-state index contributed by atoms with van der Waals surface area (Å²) in [7, 11) is 0. The molecule has 19 heavy (non-hydrogen) atoms. The molecule has 0 aliphatic rings. The number of carbonyl (C=O) groups is 1. The molecule has 1 rings (SSSR count). The molecule has 1 aromatic rings. The van der Waals surface area contributed by atoms with Crippen molar-refractivity contribution in [1.82, 2.24) is 5.32 Å². The van der Waals surface area contributed by atoms with Gasteiger partial charge in [0.25, 0.3) is 0 Å². The van der Waals surface area contributed by atoms with Gasteiger partial charge in [-0.1, -0.05) is 0 Å². The highest BCUT2D eigenvalue weighted by molar-refractivity contribution is 5.68. The third kappa shape index (κ3) is 4.82. The SMILES string of the molecule is CC(C)(C)OC(=O)NC(CO)c1cc(F)ccc1F. The van der Waals surface area contributed by atoms with E-state index in [1.807, 2.05) is 0 Å². The number of ether oxygens (including phenoxy) is 1. The number of amides is 1. The number of benzene rings is 1. The number of aliphatic hydroxyl groups excluding tert-OH is 1. The average molecular weight is 273 g/mol. The molecule has 0 spiro atoms. The normalized spacial score (nSPS) is 12.9. The summed E-state index contributed by atoms with van der Waals surface area (Å²) in [5.41, 5.74) is -0.849. The maximum Gasteiger partial charge on any atom is 0.408 e. The van der Waals surface area contributed by atoms with Crippen LogP contribution in [0.5, 0.6) is 0 Å². The summed E-state index contributed by atoms with van der Waals surface area (Å²) in [6.45, 7) is 4.44. The van der Waals surface area contributed by atoms with Crippen LogP contribution in [0.1, 0.15) is 32.4 Å². The molecule has 0 saturated heterocycles. The Kier molecular flexibility index (Phi) is 4.83. The lowest BCUT2D eigenvalue weighted by atomic mass is 10.1. The van der Waals surface area contributed by atoms with Crippen LogP contribution in [0, 0.1) is 11.6 Å². The van der Waals surface area contributed by atoms with E-state index in [2.05, 4.69) is 5.32 Å². The highest BCUT2D eigenvalue weighted by Crippen LogP contribution is 2.19. The molecule has 1 unspecified atom stereocenters. The van der Waals surface area contributed by atoms with Crippen molar-refractivity contribution in [2.24, 2.45) is 0 Å². The van der Waals surface area contributed by atoms with Crippen LogP contribution in [0.25, 0.3) is 0 Å². The molecule has 1 atom stereocenters. The van der Waals surface area contributed by atoms with Crippen LogP contribution in [-0.4, -0.2) is 23.4 Å². The first-order valence-corrected chi connectivity index (χ1v) is 5.78. The van der Waals surface area contributed by atoms with Crippen molar-refractivity contribution in [2.75, 3.05) is 6.61 Å². The molecule has 0 radical (unpaired) electrons. The van der Waals surface area contributed by atoms with Crippen LogP contribution in [0.3, 0.4) is 0 Å². The number of aliphatic hydroxyl groups is 1. The molecule has 0 aromatic heterocycles. The topological polar surface area (TPSA) is 58.6 Å². The summed E-state index contributed by atoms with van der Waals surface area (Å²) in [5.74, 6) is -1.36. The van der Waals surface area contributed by atoms with Crippen LogP contribution in [0.2, 0.25) is 0 Å². The van der Waals surface area contributed by atoms with E-state index in [0.717, 1.165) is 18.2 Å². The van der Waals surface area contributed by atoms with Gasteiger partial charge in [0, 0.05) is 5.56 Å². The Balaban J connectivity index is 2.84. The Morgan fingerprint density at radius 2 is 2.05 bits per heavy atom. The van der Waals surface area contributed by atoms with Gasteiger partial charge in [-0.05, 0) is 39.0 Å². The molecule has 0 fully saturated rings. The molecule has 0 aliphatic heterocycles. The Labute approximate surface area is 110 Å². The van der Waals surface area contributed by atoms with E-state index in [0.29, 0.717) is 0 Å². The second-order valence-electron chi connectivity index (χ2n) is 5.05. The molecular formula is C13H17F2NO3. The molecule has 0 heterocycles. The van der Waals surface area contributed by atoms with Gasteiger partial charge in [0.05, 0.1) is 12.6 Å². The highest BCUT2D eigenvalue weighted by atomic mass is 19.1. The summed E-state index contributed by atoms with van der Waals surface area (Å²) in [6.07, 6.45) is -0.810. The predicted octanol–water partition coefficient (Wildman–Crippen LogP) is 2.52. The molecule has 6 heteroatoms. The van der Waals surface area contributed by atoms with Gasteiger partial charge in [-0.3, -0.25) is 0 Å². The standard InChI is InChI=1S/C13H17F2NO3/c1-13(2,3)19-12(18)16-11(7-17)9-6-8(14)4-5-10(9)15/h4-6,11,17H,7H2,1-3H3,(H,16,18). The van der Waals surface area contributed by atoms with Gasteiger partial charge in [-0.2, -0.15) is 0 Å². The minimum atomic E-state index is -1.06. The third-order valence-corrected chi connectivity index (χ3v) is 2.21. The second-order valence-corrected chi connectivity index (χ2v) is 5.05. The van der Waals surface area contributed by atoms with Crippen molar-refractivity contribution in [1.29, 1.82) is 0 Å². The zero-order valence-electron chi connectivity index (χ0n) is 11.0. The van der Waals surface area contributed by atoms with Gasteiger partial charge in [0.2, 0.25) is 0 Å². The molecule has 1 aromatic carbocycles. The molecule has 4 nitrogen and oxygen atoms in total. The zero-order chi connectivity index (χ0) is 14.6. The maximum atomic E-state index is 13.5. The summed E-state index contributed by atoms with van der Waals surface area (Å²) in [4.78, 5) is 11.5. The summed E-state index contributed by atoms with van der Waals surface area (Å²) >= 11 is 0. The first-order valence-electron chi connectivity index (χ1n) is 5.78. The minimum absolute atomic E-state index is 0.131. The van der Waals surface area contributed by atoms with E-state index < -0.39 is 36.0 Å². The fourth-order valence-corrected chi connectivity index (χ4v) is 1.45. The molecule has 1 amide bonds. The Morgan fingerprint density at radius 3 is 2.58 bits per heavy atom. The number of alkyl carbamates (subject to hydrolysis) is 1. The van der Waals surface area contributed by atoms with Gasteiger partial charge in [-0.15, -0.1) is 0 Å². The van der Waals surface area contributed by atoms with E-state index in [-0.39, 0.29) is 5.56 Å². The van der Waals surface area contributed by atoms with Gasteiger partial charge >= 0.3 is 6.09 Å². The van der Waals surface area contributed by atoms with Crippen molar-refractivity contribution in [3.8, 4) is 0 Å². The van der Waals surface area contributed by atoms with Gasteiger partial charge in [0.15, 0.2) is 0 Å². The second kappa shape index (κ2) is 5.97.